The summed E-state index contributed by atoms with van der Waals surface area (Å²) >= 11 is 0. The average molecular weight is 312 g/mol. The number of benzene rings is 1. The van der Waals surface area contributed by atoms with E-state index in [4.69, 9.17) is 0 Å². The third kappa shape index (κ3) is 2.44. The van der Waals surface area contributed by atoms with Crippen LogP contribution in [0.25, 0.3) is 0 Å². The van der Waals surface area contributed by atoms with Gasteiger partial charge in [0.2, 0.25) is 11.8 Å². The van der Waals surface area contributed by atoms with Crippen molar-refractivity contribution in [1.82, 2.24) is 4.90 Å². The fraction of sp³-hybridized carbons (Fsp3) is 0.579. The first-order valence-corrected chi connectivity index (χ1v) is 8.89. The van der Waals surface area contributed by atoms with E-state index >= 15 is 0 Å². The van der Waals surface area contributed by atoms with Crippen LogP contribution in [0.5, 0.6) is 0 Å². The Morgan fingerprint density at radius 1 is 1.09 bits per heavy atom. The van der Waals surface area contributed by atoms with Crippen molar-refractivity contribution in [2.24, 2.45) is 5.92 Å². The van der Waals surface area contributed by atoms with Crippen LogP contribution in [-0.4, -0.2) is 35.8 Å². The molecule has 0 aromatic heterocycles. The van der Waals surface area contributed by atoms with E-state index in [0.29, 0.717) is 13.1 Å². The second kappa shape index (κ2) is 5.66. The van der Waals surface area contributed by atoms with E-state index in [-0.39, 0.29) is 23.8 Å². The largest absolute Gasteiger partial charge is 0.329 e. The molecule has 1 atom stereocenters. The van der Waals surface area contributed by atoms with E-state index in [0.717, 1.165) is 37.8 Å². The Morgan fingerprint density at radius 3 is 2.61 bits per heavy atom. The molecule has 0 bridgehead atoms. The van der Waals surface area contributed by atoms with Crippen LogP contribution in [0.15, 0.2) is 18.2 Å². The van der Waals surface area contributed by atoms with E-state index in [1.165, 1.54) is 17.5 Å². The molecular weight excluding hydrogens is 288 g/mol. The molecule has 1 heterocycles. The maximum atomic E-state index is 12.8. The van der Waals surface area contributed by atoms with E-state index in [1.807, 2.05) is 11.8 Å². The van der Waals surface area contributed by atoms with Crippen LogP contribution in [0.2, 0.25) is 0 Å². The second-order valence-electron chi connectivity index (χ2n) is 7.13. The number of rotatable bonds is 2. The summed E-state index contributed by atoms with van der Waals surface area (Å²) in [5.41, 5.74) is 3.81. The number of carbonyl (C=O) groups is 2. The smallest absolute Gasteiger partial charge is 0.249 e. The Labute approximate surface area is 137 Å². The maximum Gasteiger partial charge on any atom is 0.249 e. The van der Waals surface area contributed by atoms with Gasteiger partial charge in [0.1, 0.15) is 6.04 Å². The molecule has 1 unspecified atom stereocenters. The number of anilines is 1. The fourth-order valence-electron chi connectivity index (χ4n) is 4.04. The minimum Gasteiger partial charge on any atom is -0.329 e. The minimum absolute atomic E-state index is 0.0573. The van der Waals surface area contributed by atoms with Gasteiger partial charge in [-0.3, -0.25) is 9.59 Å². The molecule has 1 aliphatic heterocycles. The molecule has 0 spiro atoms. The van der Waals surface area contributed by atoms with E-state index in [1.54, 1.807) is 4.90 Å². The second-order valence-corrected chi connectivity index (χ2v) is 7.13. The molecule has 1 aromatic carbocycles. The lowest BCUT2D eigenvalue weighted by molar-refractivity contribution is -0.146. The number of piperazine rings is 1. The van der Waals surface area contributed by atoms with Crippen molar-refractivity contribution in [2.75, 3.05) is 18.0 Å². The Kier molecular flexibility index (Phi) is 3.63. The normalized spacial score (nSPS) is 24.6. The predicted molar refractivity (Wildman–Crippen MR) is 89.3 cm³/mol. The molecule has 2 amide bonds. The van der Waals surface area contributed by atoms with Gasteiger partial charge in [0, 0.05) is 24.7 Å². The summed E-state index contributed by atoms with van der Waals surface area (Å²) in [7, 11) is 0. The number of aryl methyl sites for hydroxylation is 2. The zero-order chi connectivity index (χ0) is 16.0. The van der Waals surface area contributed by atoms with Gasteiger partial charge in [0.25, 0.3) is 0 Å². The van der Waals surface area contributed by atoms with Crippen LogP contribution in [-0.2, 0) is 22.4 Å². The minimum atomic E-state index is -0.342. The number of nitrogens with zero attached hydrogens (tertiary/aromatic N) is 2. The summed E-state index contributed by atoms with van der Waals surface area (Å²) in [6.07, 6.45) is 6.62. The molecule has 4 nitrogen and oxygen atoms in total. The number of hydrogen-bond acceptors (Lipinski definition) is 2. The number of fused-ring (bicyclic) bond motifs is 1. The van der Waals surface area contributed by atoms with Gasteiger partial charge < -0.3 is 9.80 Å². The molecule has 2 fully saturated rings. The fourth-order valence-corrected chi connectivity index (χ4v) is 4.04. The SMILES string of the molecule is CC1C(=O)N(c2ccc3c(c2)CCC3)CCN1C(=O)C1CCC1. The molecule has 4 rings (SSSR count). The van der Waals surface area contributed by atoms with Crippen LogP contribution < -0.4 is 4.90 Å². The van der Waals surface area contributed by atoms with Crippen molar-refractivity contribution in [3.8, 4) is 0 Å². The monoisotopic (exact) mass is 312 g/mol. The van der Waals surface area contributed by atoms with Gasteiger partial charge in [-0.1, -0.05) is 12.5 Å². The van der Waals surface area contributed by atoms with E-state index in [9.17, 15) is 9.59 Å². The van der Waals surface area contributed by atoms with Crippen LogP contribution >= 0.6 is 0 Å². The molecule has 4 heteroatoms. The molecule has 2 aliphatic carbocycles. The van der Waals surface area contributed by atoms with Crippen molar-refractivity contribution < 1.29 is 9.59 Å². The van der Waals surface area contributed by atoms with Crippen LogP contribution in [0.3, 0.4) is 0 Å². The van der Waals surface area contributed by atoms with Crippen LogP contribution in [0, 0.1) is 5.92 Å². The van der Waals surface area contributed by atoms with Crippen LogP contribution in [0.4, 0.5) is 5.69 Å². The first-order valence-electron chi connectivity index (χ1n) is 8.89. The van der Waals surface area contributed by atoms with Gasteiger partial charge >= 0.3 is 0 Å². The zero-order valence-electron chi connectivity index (χ0n) is 13.8. The Bertz CT molecular complexity index is 651. The highest BCUT2D eigenvalue weighted by atomic mass is 16.2. The van der Waals surface area contributed by atoms with Gasteiger partial charge in [-0.25, -0.2) is 0 Å². The highest BCUT2D eigenvalue weighted by Crippen LogP contribution is 2.32. The first kappa shape index (κ1) is 14.7. The van der Waals surface area contributed by atoms with E-state index in [2.05, 4.69) is 18.2 Å². The van der Waals surface area contributed by atoms with Gasteiger partial charge in [0.15, 0.2) is 0 Å². The molecule has 1 saturated heterocycles. The lowest BCUT2D eigenvalue weighted by Gasteiger charge is -2.41. The Balaban J connectivity index is 1.52. The number of carbonyl (C=O) groups excluding carboxylic acids is 2. The number of hydrogen-bond donors (Lipinski definition) is 0. The van der Waals surface area contributed by atoms with Gasteiger partial charge in [0.05, 0.1) is 0 Å². The van der Waals surface area contributed by atoms with Crippen molar-refractivity contribution in [3.05, 3.63) is 29.3 Å². The van der Waals surface area contributed by atoms with Crippen molar-refractivity contribution in [2.45, 2.75) is 51.5 Å². The summed E-state index contributed by atoms with van der Waals surface area (Å²) in [4.78, 5) is 29.0. The zero-order valence-corrected chi connectivity index (χ0v) is 13.8. The van der Waals surface area contributed by atoms with E-state index < -0.39 is 0 Å². The summed E-state index contributed by atoms with van der Waals surface area (Å²) in [5, 5.41) is 0. The summed E-state index contributed by atoms with van der Waals surface area (Å²) < 4.78 is 0. The van der Waals surface area contributed by atoms with Crippen LogP contribution in [0.1, 0.15) is 43.7 Å². The molecule has 0 N–H and O–H groups in total. The first-order chi connectivity index (χ1) is 11.1. The predicted octanol–water partition coefficient (Wildman–Crippen LogP) is 2.54. The summed E-state index contributed by atoms with van der Waals surface area (Å²) in [6, 6.07) is 6.07. The lowest BCUT2D eigenvalue weighted by atomic mass is 9.84. The average Bonchev–Trinajstić information content (AvgIpc) is 2.95. The molecule has 122 valence electrons. The Hall–Kier alpha value is -1.84. The Morgan fingerprint density at radius 2 is 1.87 bits per heavy atom. The topological polar surface area (TPSA) is 40.6 Å². The van der Waals surface area contributed by atoms with Gasteiger partial charge in [-0.05, 0) is 62.3 Å². The highest BCUT2D eigenvalue weighted by molar-refractivity contribution is 6.00. The third-order valence-corrected chi connectivity index (χ3v) is 5.79. The van der Waals surface area contributed by atoms with Gasteiger partial charge in [-0.2, -0.15) is 0 Å². The van der Waals surface area contributed by atoms with Crippen molar-refractivity contribution in [3.63, 3.8) is 0 Å². The standard InChI is InChI=1S/C19H24N2O2/c1-13-18(22)21(11-10-20(13)19(23)15-5-3-6-15)17-9-8-14-4-2-7-16(14)12-17/h8-9,12-13,15H,2-7,10-11H2,1H3. The molecule has 3 aliphatic rings. The van der Waals surface area contributed by atoms with Crippen molar-refractivity contribution >= 4 is 17.5 Å². The summed E-state index contributed by atoms with van der Waals surface area (Å²) in [5.74, 6) is 0.407. The highest BCUT2D eigenvalue weighted by Gasteiger charge is 2.39. The molecule has 1 aromatic rings. The number of amides is 2. The molecular formula is C19H24N2O2. The quantitative estimate of drug-likeness (QED) is 0.842. The molecule has 1 saturated carbocycles. The maximum absolute atomic E-state index is 12.8. The van der Waals surface area contributed by atoms with Gasteiger partial charge in [-0.15, -0.1) is 0 Å². The third-order valence-electron chi connectivity index (χ3n) is 5.79. The molecule has 23 heavy (non-hydrogen) atoms. The lowest BCUT2D eigenvalue weighted by Crippen LogP contribution is -2.59. The molecule has 0 radical (unpaired) electrons. The summed E-state index contributed by atoms with van der Waals surface area (Å²) in [6.45, 7) is 3.14. The van der Waals surface area contributed by atoms with Crippen molar-refractivity contribution in [1.29, 1.82) is 0 Å².